The molecule has 1 atom stereocenters. The SMILES string of the molecule is CS/C(=C\[N+](=O)[O-])NC(C)c1cccnc1. The van der Waals surface area contributed by atoms with Crippen molar-refractivity contribution in [2.45, 2.75) is 13.0 Å². The van der Waals surface area contributed by atoms with Gasteiger partial charge in [0.25, 0.3) is 6.20 Å². The molecule has 0 aliphatic rings. The molecule has 0 spiro atoms. The van der Waals surface area contributed by atoms with E-state index in [1.807, 2.05) is 19.1 Å². The fourth-order valence-corrected chi connectivity index (χ4v) is 1.66. The van der Waals surface area contributed by atoms with E-state index in [4.69, 9.17) is 0 Å². The number of hydrogen-bond acceptors (Lipinski definition) is 5. The van der Waals surface area contributed by atoms with Crippen molar-refractivity contribution >= 4 is 11.8 Å². The Morgan fingerprint density at radius 1 is 1.75 bits per heavy atom. The standard InChI is InChI=1S/C10H13N3O2S/c1-8(9-4-3-5-11-6-9)12-10(16-2)7-13(14)15/h3-8,12H,1-2H3/b10-7-. The lowest BCUT2D eigenvalue weighted by molar-refractivity contribution is -0.403. The minimum Gasteiger partial charge on any atom is -0.368 e. The van der Waals surface area contributed by atoms with Gasteiger partial charge in [-0.1, -0.05) is 6.07 Å². The third kappa shape index (κ3) is 3.90. The Kier molecular flexibility index (Phi) is 4.78. The fraction of sp³-hybridized carbons (Fsp3) is 0.300. The van der Waals surface area contributed by atoms with E-state index in [0.717, 1.165) is 11.8 Å². The molecule has 1 aromatic heterocycles. The maximum atomic E-state index is 10.4. The summed E-state index contributed by atoms with van der Waals surface area (Å²) in [6.07, 6.45) is 6.19. The van der Waals surface area contributed by atoms with Crippen LogP contribution < -0.4 is 5.32 Å². The predicted molar refractivity (Wildman–Crippen MR) is 64.4 cm³/mol. The van der Waals surface area contributed by atoms with Crippen molar-refractivity contribution in [3.8, 4) is 0 Å². The lowest BCUT2D eigenvalue weighted by atomic mass is 10.1. The zero-order chi connectivity index (χ0) is 12.0. The molecule has 1 aromatic rings. The first-order valence-corrected chi connectivity index (χ1v) is 5.91. The molecule has 0 saturated heterocycles. The van der Waals surface area contributed by atoms with E-state index in [-0.39, 0.29) is 6.04 Å². The quantitative estimate of drug-likeness (QED) is 0.630. The van der Waals surface area contributed by atoms with E-state index in [9.17, 15) is 10.1 Å². The van der Waals surface area contributed by atoms with Crippen molar-refractivity contribution in [3.63, 3.8) is 0 Å². The minimum absolute atomic E-state index is 0.00708. The number of thioether (sulfide) groups is 1. The van der Waals surface area contributed by atoms with Crippen molar-refractivity contribution < 1.29 is 4.92 Å². The first-order chi connectivity index (χ1) is 7.63. The van der Waals surface area contributed by atoms with Crippen LogP contribution in [0.4, 0.5) is 0 Å². The van der Waals surface area contributed by atoms with Crippen LogP contribution in [-0.2, 0) is 0 Å². The number of nitrogens with one attached hydrogen (secondary N) is 1. The predicted octanol–water partition coefficient (Wildman–Crippen LogP) is 2.17. The van der Waals surface area contributed by atoms with Crippen LogP contribution in [0.1, 0.15) is 18.5 Å². The van der Waals surface area contributed by atoms with Gasteiger partial charge in [-0.25, -0.2) is 0 Å². The number of pyridine rings is 1. The van der Waals surface area contributed by atoms with Crippen LogP contribution in [0.3, 0.4) is 0 Å². The Balaban J connectivity index is 2.70. The summed E-state index contributed by atoms with van der Waals surface area (Å²) in [6.45, 7) is 1.93. The van der Waals surface area contributed by atoms with Gasteiger partial charge in [-0.2, -0.15) is 0 Å². The molecule has 0 bridgehead atoms. The maximum Gasteiger partial charge on any atom is 0.263 e. The number of nitro groups is 1. The second kappa shape index (κ2) is 6.12. The average molecular weight is 239 g/mol. The van der Waals surface area contributed by atoms with Gasteiger partial charge in [0.1, 0.15) is 5.03 Å². The topological polar surface area (TPSA) is 68.1 Å². The van der Waals surface area contributed by atoms with Gasteiger partial charge in [0, 0.05) is 12.4 Å². The Morgan fingerprint density at radius 2 is 2.50 bits per heavy atom. The number of rotatable bonds is 5. The molecule has 1 N–H and O–H groups in total. The zero-order valence-corrected chi connectivity index (χ0v) is 9.90. The van der Waals surface area contributed by atoms with Gasteiger partial charge in [0.05, 0.1) is 11.0 Å². The van der Waals surface area contributed by atoms with Crippen LogP contribution in [-0.4, -0.2) is 16.2 Å². The molecule has 0 amide bonds. The Morgan fingerprint density at radius 3 is 3.00 bits per heavy atom. The largest absolute Gasteiger partial charge is 0.368 e. The molecule has 5 nitrogen and oxygen atoms in total. The molecule has 1 rings (SSSR count). The smallest absolute Gasteiger partial charge is 0.263 e. The van der Waals surface area contributed by atoms with Gasteiger partial charge in [-0.15, -0.1) is 11.8 Å². The van der Waals surface area contributed by atoms with Crippen LogP contribution in [0.2, 0.25) is 0 Å². The van der Waals surface area contributed by atoms with Gasteiger partial charge in [-0.3, -0.25) is 15.1 Å². The number of aromatic nitrogens is 1. The summed E-state index contributed by atoms with van der Waals surface area (Å²) in [5, 5.41) is 13.9. The second-order valence-corrected chi connectivity index (χ2v) is 3.98. The van der Waals surface area contributed by atoms with Crippen LogP contribution in [0.5, 0.6) is 0 Å². The fourth-order valence-electron chi connectivity index (χ4n) is 1.17. The van der Waals surface area contributed by atoms with E-state index < -0.39 is 4.92 Å². The summed E-state index contributed by atoms with van der Waals surface area (Å²) in [6, 6.07) is 3.76. The van der Waals surface area contributed by atoms with Gasteiger partial charge in [0.15, 0.2) is 0 Å². The van der Waals surface area contributed by atoms with Crippen LogP contribution in [0, 0.1) is 10.1 Å². The molecule has 0 fully saturated rings. The highest BCUT2D eigenvalue weighted by Gasteiger charge is 2.08. The number of nitrogens with zero attached hydrogens (tertiary/aromatic N) is 2. The summed E-state index contributed by atoms with van der Waals surface area (Å²) in [7, 11) is 0. The molecule has 0 aromatic carbocycles. The Hall–Kier alpha value is -1.56. The van der Waals surface area contributed by atoms with Crippen LogP contribution >= 0.6 is 11.8 Å². The molecule has 1 unspecified atom stereocenters. The maximum absolute atomic E-state index is 10.4. The molecule has 16 heavy (non-hydrogen) atoms. The molecule has 0 aliphatic carbocycles. The normalized spacial score (nSPS) is 13.2. The van der Waals surface area contributed by atoms with E-state index in [0.29, 0.717) is 5.03 Å². The van der Waals surface area contributed by atoms with Gasteiger partial charge in [-0.05, 0) is 24.8 Å². The highest BCUT2D eigenvalue weighted by atomic mass is 32.2. The molecular formula is C10H13N3O2S. The van der Waals surface area contributed by atoms with Crippen LogP contribution in [0.25, 0.3) is 0 Å². The molecule has 1 heterocycles. The van der Waals surface area contributed by atoms with E-state index >= 15 is 0 Å². The summed E-state index contributed by atoms with van der Waals surface area (Å²) in [5.41, 5.74) is 0.991. The summed E-state index contributed by atoms with van der Waals surface area (Å²) >= 11 is 1.31. The highest BCUT2D eigenvalue weighted by Crippen LogP contribution is 2.16. The third-order valence-corrected chi connectivity index (χ3v) is 2.65. The van der Waals surface area contributed by atoms with Crippen molar-refractivity contribution in [3.05, 3.63) is 51.4 Å². The molecule has 6 heteroatoms. The molecule has 0 radical (unpaired) electrons. The van der Waals surface area contributed by atoms with E-state index in [1.54, 1.807) is 18.6 Å². The first kappa shape index (κ1) is 12.5. The summed E-state index contributed by atoms with van der Waals surface area (Å²) < 4.78 is 0. The average Bonchev–Trinajstić information content (AvgIpc) is 2.28. The monoisotopic (exact) mass is 239 g/mol. The Labute approximate surface area is 98.1 Å². The number of hydrogen-bond donors (Lipinski definition) is 1. The van der Waals surface area contributed by atoms with Gasteiger partial charge < -0.3 is 5.32 Å². The van der Waals surface area contributed by atoms with Crippen molar-refractivity contribution in [2.24, 2.45) is 0 Å². The summed E-state index contributed by atoms with van der Waals surface area (Å²) in [4.78, 5) is 13.9. The minimum atomic E-state index is -0.463. The van der Waals surface area contributed by atoms with Crippen molar-refractivity contribution in [2.75, 3.05) is 6.26 Å². The van der Waals surface area contributed by atoms with Crippen LogP contribution in [0.15, 0.2) is 35.8 Å². The molecule has 86 valence electrons. The Bertz CT molecular complexity index is 381. The van der Waals surface area contributed by atoms with Crippen molar-refractivity contribution in [1.29, 1.82) is 0 Å². The zero-order valence-electron chi connectivity index (χ0n) is 9.08. The van der Waals surface area contributed by atoms with Crippen molar-refractivity contribution in [1.82, 2.24) is 10.3 Å². The second-order valence-electron chi connectivity index (χ2n) is 3.14. The molecule has 0 aliphatic heterocycles. The van der Waals surface area contributed by atoms with Gasteiger partial charge >= 0.3 is 0 Å². The third-order valence-electron chi connectivity index (χ3n) is 1.99. The van der Waals surface area contributed by atoms with Gasteiger partial charge in [0.2, 0.25) is 0 Å². The van der Waals surface area contributed by atoms with E-state index in [2.05, 4.69) is 10.3 Å². The lowest BCUT2D eigenvalue weighted by Gasteiger charge is -2.14. The van der Waals surface area contributed by atoms with E-state index in [1.165, 1.54) is 11.8 Å². The molecular weight excluding hydrogens is 226 g/mol. The lowest BCUT2D eigenvalue weighted by Crippen LogP contribution is -2.17. The summed E-state index contributed by atoms with van der Waals surface area (Å²) in [5.74, 6) is 0. The highest BCUT2D eigenvalue weighted by molar-refractivity contribution is 8.02. The molecule has 0 saturated carbocycles. The first-order valence-electron chi connectivity index (χ1n) is 4.69.